The highest BCUT2D eigenvalue weighted by Gasteiger charge is 2.58. The van der Waals surface area contributed by atoms with Gasteiger partial charge in [0, 0.05) is 0 Å². The Labute approximate surface area is 135 Å². The first-order valence-corrected chi connectivity index (χ1v) is 9.81. The molecule has 0 saturated heterocycles. The molecular weight excluding hydrogens is 272 g/mol. The summed E-state index contributed by atoms with van der Waals surface area (Å²) in [5.41, 5.74) is 0.654. The van der Waals surface area contributed by atoms with Crippen molar-refractivity contribution in [2.24, 2.45) is 34.5 Å². The quantitative estimate of drug-likeness (QED) is 0.706. The summed E-state index contributed by atoms with van der Waals surface area (Å²) in [6, 6.07) is 0. The third kappa shape index (κ3) is 2.05. The molecule has 4 aliphatic rings. The van der Waals surface area contributed by atoms with E-state index < -0.39 is 0 Å². The van der Waals surface area contributed by atoms with E-state index in [1.807, 2.05) is 0 Å². The first-order valence-electron chi connectivity index (χ1n) is 9.81. The monoisotopic (exact) mass is 306 g/mol. The maximum Gasteiger partial charge on any atom is 0.0596 e. The summed E-state index contributed by atoms with van der Waals surface area (Å²) in [7, 11) is 0. The molecule has 2 N–H and O–H groups in total. The van der Waals surface area contributed by atoms with Gasteiger partial charge in [0.2, 0.25) is 0 Å². The summed E-state index contributed by atoms with van der Waals surface area (Å²) < 4.78 is 0. The normalized spacial score (nSPS) is 58.4. The minimum absolute atomic E-state index is 0.0446. The van der Waals surface area contributed by atoms with Gasteiger partial charge in [-0.2, -0.15) is 0 Å². The number of aliphatic hydroxyl groups is 2. The molecule has 0 radical (unpaired) electrons. The second-order valence-corrected chi connectivity index (χ2v) is 9.58. The summed E-state index contributed by atoms with van der Waals surface area (Å²) in [4.78, 5) is 0. The molecule has 0 aliphatic heterocycles. The maximum atomic E-state index is 10.5. The van der Waals surface area contributed by atoms with Crippen molar-refractivity contribution in [3.05, 3.63) is 0 Å². The van der Waals surface area contributed by atoms with Crippen LogP contribution in [0.1, 0.15) is 78.1 Å². The third-order valence-electron chi connectivity index (χ3n) is 8.83. The van der Waals surface area contributed by atoms with Crippen LogP contribution in [0.15, 0.2) is 0 Å². The zero-order valence-electron chi connectivity index (χ0n) is 14.4. The molecular formula is C20H34O2. The molecule has 2 nitrogen and oxygen atoms in total. The van der Waals surface area contributed by atoms with E-state index >= 15 is 0 Å². The molecule has 0 spiro atoms. The van der Waals surface area contributed by atoms with Crippen LogP contribution in [0.4, 0.5) is 0 Å². The lowest BCUT2D eigenvalue weighted by atomic mass is 9.50. The van der Waals surface area contributed by atoms with Crippen LogP contribution in [0.3, 0.4) is 0 Å². The van der Waals surface area contributed by atoms with E-state index in [0.29, 0.717) is 5.41 Å². The smallest absolute Gasteiger partial charge is 0.0596 e. The lowest BCUT2D eigenvalue weighted by molar-refractivity contribution is -0.0954. The number of hydrogen-bond acceptors (Lipinski definition) is 2. The molecule has 0 aromatic heterocycles. The fourth-order valence-electron chi connectivity index (χ4n) is 7.41. The van der Waals surface area contributed by atoms with Crippen LogP contribution in [-0.2, 0) is 0 Å². The Balaban J connectivity index is 1.65. The molecule has 0 heterocycles. The molecule has 0 aromatic carbocycles. The van der Waals surface area contributed by atoms with Gasteiger partial charge in [-0.25, -0.2) is 0 Å². The van der Waals surface area contributed by atoms with Crippen molar-refractivity contribution in [1.29, 1.82) is 0 Å². The van der Waals surface area contributed by atoms with Crippen molar-refractivity contribution in [2.45, 2.75) is 90.3 Å². The first-order chi connectivity index (χ1) is 10.4. The lowest BCUT2D eigenvalue weighted by Crippen LogP contribution is -2.50. The second-order valence-electron chi connectivity index (χ2n) is 9.58. The molecule has 0 amide bonds. The lowest BCUT2D eigenvalue weighted by Gasteiger charge is -2.55. The third-order valence-corrected chi connectivity index (χ3v) is 8.83. The second kappa shape index (κ2) is 5.21. The van der Waals surface area contributed by atoms with E-state index in [0.717, 1.165) is 42.9 Å². The summed E-state index contributed by atoms with van der Waals surface area (Å²) in [5.74, 6) is 3.17. The van der Waals surface area contributed by atoms with Crippen molar-refractivity contribution in [1.82, 2.24) is 0 Å². The molecule has 8 atom stereocenters. The van der Waals surface area contributed by atoms with Crippen LogP contribution in [0.25, 0.3) is 0 Å². The predicted octanol–water partition coefficient (Wildman–Crippen LogP) is 4.14. The van der Waals surface area contributed by atoms with Gasteiger partial charge in [0.25, 0.3) is 0 Å². The molecule has 4 aliphatic carbocycles. The zero-order valence-corrected chi connectivity index (χ0v) is 14.4. The standard InChI is InChI=1S/C20H34O2/c1-19-10-8-14(21)12-13(19)4-3-5-15-16-6-7-18(22)20(16,2)11-9-17(15)19/h13-18,21-22H,3-12H2,1-2H3/t13-,14+,15-,16+,17-,18-,19-,20+/m0/s1. The molecule has 22 heavy (non-hydrogen) atoms. The maximum absolute atomic E-state index is 10.5. The summed E-state index contributed by atoms with van der Waals surface area (Å²) in [6.45, 7) is 4.93. The van der Waals surface area contributed by atoms with Crippen molar-refractivity contribution in [2.75, 3.05) is 0 Å². The van der Waals surface area contributed by atoms with Crippen molar-refractivity contribution in [3.8, 4) is 0 Å². The minimum Gasteiger partial charge on any atom is -0.393 e. The van der Waals surface area contributed by atoms with E-state index in [4.69, 9.17) is 0 Å². The molecule has 126 valence electrons. The fourth-order valence-corrected chi connectivity index (χ4v) is 7.41. The van der Waals surface area contributed by atoms with Crippen LogP contribution >= 0.6 is 0 Å². The van der Waals surface area contributed by atoms with E-state index in [9.17, 15) is 10.2 Å². The highest BCUT2D eigenvalue weighted by molar-refractivity contribution is 5.08. The molecule has 4 saturated carbocycles. The van der Waals surface area contributed by atoms with Gasteiger partial charge in [0.05, 0.1) is 12.2 Å². The van der Waals surface area contributed by atoms with Gasteiger partial charge in [-0.3, -0.25) is 0 Å². The van der Waals surface area contributed by atoms with E-state index in [1.165, 1.54) is 44.9 Å². The van der Waals surface area contributed by atoms with Gasteiger partial charge < -0.3 is 10.2 Å². The zero-order chi connectivity index (χ0) is 15.5. The average Bonchev–Trinajstić information content (AvgIpc) is 2.70. The Hall–Kier alpha value is -0.0800. The Morgan fingerprint density at radius 1 is 0.773 bits per heavy atom. The molecule has 4 rings (SSSR count). The van der Waals surface area contributed by atoms with Gasteiger partial charge >= 0.3 is 0 Å². The minimum atomic E-state index is -0.0570. The largest absolute Gasteiger partial charge is 0.393 e. The van der Waals surface area contributed by atoms with Gasteiger partial charge in [0.1, 0.15) is 0 Å². The van der Waals surface area contributed by atoms with Crippen LogP contribution in [-0.4, -0.2) is 22.4 Å². The Kier molecular flexibility index (Phi) is 3.66. The summed E-state index contributed by atoms with van der Waals surface area (Å²) in [5, 5.41) is 20.7. The number of aliphatic hydroxyl groups excluding tert-OH is 2. The van der Waals surface area contributed by atoms with Gasteiger partial charge in [-0.15, -0.1) is 0 Å². The number of hydrogen-bond donors (Lipinski definition) is 2. The molecule has 0 aromatic rings. The van der Waals surface area contributed by atoms with Gasteiger partial charge in [-0.1, -0.05) is 20.3 Å². The molecule has 4 fully saturated rings. The predicted molar refractivity (Wildman–Crippen MR) is 88.4 cm³/mol. The molecule has 2 heteroatoms. The van der Waals surface area contributed by atoms with Crippen LogP contribution in [0, 0.1) is 34.5 Å². The summed E-state index contributed by atoms with van der Waals surface area (Å²) >= 11 is 0. The van der Waals surface area contributed by atoms with Crippen molar-refractivity contribution < 1.29 is 10.2 Å². The van der Waals surface area contributed by atoms with Gasteiger partial charge in [-0.05, 0) is 92.3 Å². The topological polar surface area (TPSA) is 40.5 Å². The fraction of sp³-hybridized carbons (Fsp3) is 1.00. The van der Waals surface area contributed by atoms with E-state index in [2.05, 4.69) is 13.8 Å². The molecule has 0 bridgehead atoms. The molecule has 0 unspecified atom stereocenters. The van der Waals surface area contributed by atoms with Gasteiger partial charge in [0.15, 0.2) is 0 Å². The van der Waals surface area contributed by atoms with Crippen LogP contribution in [0.5, 0.6) is 0 Å². The SMILES string of the molecule is C[C@]12CC[C@@H](O)C[C@@H]1CCC[C@H]1[C@H]3CC[C@H](O)[C@]3(C)CC[C@@H]12. The number of rotatable bonds is 0. The highest BCUT2D eigenvalue weighted by Crippen LogP contribution is 2.64. The Morgan fingerprint density at radius 2 is 1.50 bits per heavy atom. The van der Waals surface area contributed by atoms with Crippen LogP contribution < -0.4 is 0 Å². The Bertz CT molecular complexity index is 435. The summed E-state index contributed by atoms with van der Waals surface area (Å²) in [6.07, 6.45) is 12.1. The van der Waals surface area contributed by atoms with E-state index in [-0.39, 0.29) is 17.6 Å². The van der Waals surface area contributed by atoms with Crippen molar-refractivity contribution >= 4 is 0 Å². The average molecular weight is 306 g/mol. The number of fused-ring (bicyclic) bond motifs is 5. The first kappa shape index (κ1) is 15.4. The highest BCUT2D eigenvalue weighted by atomic mass is 16.3. The van der Waals surface area contributed by atoms with Crippen molar-refractivity contribution in [3.63, 3.8) is 0 Å². The van der Waals surface area contributed by atoms with Crippen LogP contribution in [0.2, 0.25) is 0 Å². The van der Waals surface area contributed by atoms with E-state index in [1.54, 1.807) is 0 Å². The Morgan fingerprint density at radius 3 is 2.32 bits per heavy atom.